The molecule has 1 aliphatic carbocycles. The second-order valence-electron chi connectivity index (χ2n) is 5.51. The number of halogens is 1. The Balaban J connectivity index is 0.00000156. The van der Waals surface area contributed by atoms with Gasteiger partial charge in [0, 0.05) is 12.8 Å². The van der Waals surface area contributed by atoms with E-state index in [4.69, 9.17) is 14.8 Å². The summed E-state index contributed by atoms with van der Waals surface area (Å²) in [5, 5.41) is 9.95. The van der Waals surface area contributed by atoms with Gasteiger partial charge in [-0.2, -0.15) is 9.97 Å². The first-order valence-corrected chi connectivity index (χ1v) is 8.09. The fraction of sp³-hybridized carbons (Fsp3) is 0.429. The molecule has 122 valence electrons. The topological polar surface area (TPSA) is 104 Å². The highest BCUT2D eigenvalue weighted by Crippen LogP contribution is 2.36. The van der Waals surface area contributed by atoms with Crippen molar-refractivity contribution in [3.8, 4) is 10.7 Å². The molecule has 3 aromatic rings. The summed E-state index contributed by atoms with van der Waals surface area (Å²) in [6.45, 7) is 0. The van der Waals surface area contributed by atoms with Crippen molar-refractivity contribution in [3.63, 3.8) is 0 Å². The Morgan fingerprint density at radius 3 is 2.52 bits per heavy atom. The second-order valence-corrected chi connectivity index (χ2v) is 6.46. The Bertz CT molecular complexity index is 766. The minimum absolute atomic E-state index is 0. The first kappa shape index (κ1) is 16.1. The predicted molar refractivity (Wildman–Crippen MR) is 86.3 cm³/mol. The Morgan fingerprint density at radius 2 is 1.87 bits per heavy atom. The summed E-state index contributed by atoms with van der Waals surface area (Å²) in [6, 6.07) is 3.92. The summed E-state index contributed by atoms with van der Waals surface area (Å²) in [4.78, 5) is 9.74. The molecule has 9 heteroatoms. The molecule has 2 N–H and O–H groups in total. The summed E-state index contributed by atoms with van der Waals surface area (Å²) >= 11 is 1.58. The van der Waals surface area contributed by atoms with Gasteiger partial charge in [-0.1, -0.05) is 16.4 Å². The largest absolute Gasteiger partial charge is 0.339 e. The highest BCUT2D eigenvalue weighted by molar-refractivity contribution is 7.13. The summed E-state index contributed by atoms with van der Waals surface area (Å²) < 4.78 is 10.5. The molecule has 23 heavy (non-hydrogen) atoms. The van der Waals surface area contributed by atoms with E-state index in [1.165, 1.54) is 0 Å². The summed E-state index contributed by atoms with van der Waals surface area (Å²) in [5.41, 5.74) is 5.79. The molecule has 7 nitrogen and oxygen atoms in total. The predicted octanol–water partition coefficient (Wildman–Crippen LogP) is 2.73. The third-order valence-electron chi connectivity index (χ3n) is 3.92. The number of aryl methyl sites for hydroxylation is 2. The molecule has 0 bridgehead atoms. The van der Waals surface area contributed by atoms with Crippen LogP contribution in [0.2, 0.25) is 0 Å². The fourth-order valence-corrected chi connectivity index (χ4v) is 3.07. The van der Waals surface area contributed by atoms with Crippen LogP contribution < -0.4 is 5.73 Å². The summed E-state index contributed by atoms with van der Waals surface area (Å²) in [5.74, 6) is 2.35. The van der Waals surface area contributed by atoms with Crippen LogP contribution in [0.3, 0.4) is 0 Å². The average molecular weight is 354 g/mol. The molecule has 0 atom stereocenters. The fourth-order valence-electron chi connectivity index (χ4n) is 2.42. The van der Waals surface area contributed by atoms with Gasteiger partial charge >= 0.3 is 0 Å². The van der Waals surface area contributed by atoms with E-state index in [2.05, 4.69) is 20.3 Å². The molecule has 0 amide bonds. The van der Waals surface area contributed by atoms with Crippen molar-refractivity contribution in [1.29, 1.82) is 0 Å². The molecule has 1 fully saturated rings. The second kappa shape index (κ2) is 6.38. The Hall–Kier alpha value is -1.77. The van der Waals surface area contributed by atoms with E-state index in [9.17, 15) is 0 Å². The van der Waals surface area contributed by atoms with Crippen LogP contribution in [0, 0.1) is 0 Å². The molecule has 0 aromatic carbocycles. The van der Waals surface area contributed by atoms with Crippen LogP contribution in [0.1, 0.15) is 36.9 Å². The van der Waals surface area contributed by atoms with Crippen molar-refractivity contribution in [2.45, 2.75) is 37.6 Å². The van der Waals surface area contributed by atoms with Gasteiger partial charge in [0.2, 0.25) is 17.6 Å². The smallest absolute Gasteiger partial charge is 0.227 e. The van der Waals surface area contributed by atoms with Crippen LogP contribution in [0.25, 0.3) is 10.7 Å². The third-order valence-corrected chi connectivity index (χ3v) is 4.79. The maximum Gasteiger partial charge on any atom is 0.227 e. The van der Waals surface area contributed by atoms with E-state index >= 15 is 0 Å². The van der Waals surface area contributed by atoms with E-state index in [1.807, 2.05) is 17.5 Å². The lowest BCUT2D eigenvalue weighted by atomic mass is 9.77. The van der Waals surface area contributed by atoms with E-state index < -0.39 is 5.54 Å². The van der Waals surface area contributed by atoms with Gasteiger partial charge in [-0.3, -0.25) is 0 Å². The lowest BCUT2D eigenvalue weighted by molar-refractivity contribution is 0.229. The lowest BCUT2D eigenvalue weighted by Crippen LogP contribution is -2.44. The van der Waals surface area contributed by atoms with Crippen molar-refractivity contribution in [2.75, 3.05) is 0 Å². The van der Waals surface area contributed by atoms with E-state index in [1.54, 1.807) is 11.3 Å². The molecule has 0 aliphatic heterocycles. The van der Waals surface area contributed by atoms with Crippen molar-refractivity contribution in [1.82, 2.24) is 20.3 Å². The van der Waals surface area contributed by atoms with Crippen molar-refractivity contribution >= 4 is 23.7 Å². The van der Waals surface area contributed by atoms with Gasteiger partial charge in [0.25, 0.3) is 0 Å². The number of rotatable bonds is 5. The lowest BCUT2D eigenvalue weighted by Gasteiger charge is -2.34. The van der Waals surface area contributed by atoms with Crippen LogP contribution >= 0.6 is 23.7 Å². The zero-order valence-corrected chi connectivity index (χ0v) is 13.9. The first-order chi connectivity index (χ1) is 10.7. The van der Waals surface area contributed by atoms with Gasteiger partial charge in [-0.15, -0.1) is 23.7 Å². The first-order valence-electron chi connectivity index (χ1n) is 7.21. The van der Waals surface area contributed by atoms with Crippen molar-refractivity contribution in [2.24, 2.45) is 5.73 Å². The molecule has 3 heterocycles. The van der Waals surface area contributed by atoms with Gasteiger partial charge in [0.1, 0.15) is 0 Å². The molecule has 0 spiro atoms. The zero-order valence-electron chi connectivity index (χ0n) is 12.3. The van der Waals surface area contributed by atoms with Crippen LogP contribution in [-0.2, 0) is 18.4 Å². The van der Waals surface area contributed by atoms with E-state index in [-0.39, 0.29) is 12.4 Å². The standard InChI is InChI=1S/C14H15N5O2S.ClH/c15-14(6-2-7-14)13-17-11(21-19-13)5-4-10-16-12(18-20-10)9-3-1-8-22-9;/h1,3,8H,2,4-7,15H2;1H. The van der Waals surface area contributed by atoms with E-state index in [0.717, 1.165) is 24.1 Å². The van der Waals surface area contributed by atoms with E-state index in [0.29, 0.717) is 36.3 Å². The Morgan fingerprint density at radius 1 is 1.13 bits per heavy atom. The normalized spacial score (nSPS) is 15.9. The summed E-state index contributed by atoms with van der Waals surface area (Å²) in [6.07, 6.45) is 4.08. The minimum atomic E-state index is -0.390. The molecule has 0 unspecified atom stereocenters. The third kappa shape index (κ3) is 3.15. The van der Waals surface area contributed by atoms with Gasteiger partial charge in [0.15, 0.2) is 5.82 Å². The molecular weight excluding hydrogens is 338 g/mol. The molecule has 3 aromatic heterocycles. The molecular formula is C14H16ClN5O2S. The van der Waals surface area contributed by atoms with Gasteiger partial charge in [-0.05, 0) is 30.7 Å². The van der Waals surface area contributed by atoms with Crippen LogP contribution in [-0.4, -0.2) is 20.3 Å². The quantitative estimate of drug-likeness (QED) is 0.751. The molecule has 0 saturated heterocycles. The highest BCUT2D eigenvalue weighted by Gasteiger charge is 2.38. The Labute approximate surface area is 142 Å². The van der Waals surface area contributed by atoms with Crippen LogP contribution in [0.15, 0.2) is 26.6 Å². The van der Waals surface area contributed by atoms with Crippen molar-refractivity contribution in [3.05, 3.63) is 35.1 Å². The van der Waals surface area contributed by atoms with Gasteiger partial charge < -0.3 is 14.8 Å². The van der Waals surface area contributed by atoms with Crippen LogP contribution in [0.5, 0.6) is 0 Å². The minimum Gasteiger partial charge on any atom is -0.339 e. The number of nitrogens with two attached hydrogens (primary N) is 1. The molecule has 0 radical (unpaired) electrons. The average Bonchev–Trinajstić information content (AvgIpc) is 3.21. The highest BCUT2D eigenvalue weighted by atomic mass is 35.5. The number of thiophene rings is 1. The number of hydrogen-bond acceptors (Lipinski definition) is 8. The van der Waals surface area contributed by atoms with Crippen LogP contribution in [0.4, 0.5) is 0 Å². The van der Waals surface area contributed by atoms with Gasteiger partial charge in [-0.25, -0.2) is 0 Å². The molecule has 4 rings (SSSR count). The monoisotopic (exact) mass is 353 g/mol. The maximum absolute atomic E-state index is 6.18. The number of aromatic nitrogens is 4. The summed E-state index contributed by atoms with van der Waals surface area (Å²) in [7, 11) is 0. The zero-order chi connectivity index (χ0) is 15.0. The van der Waals surface area contributed by atoms with Crippen molar-refractivity contribution < 1.29 is 9.05 Å². The molecule has 1 aliphatic rings. The maximum atomic E-state index is 6.18. The number of nitrogens with zero attached hydrogens (tertiary/aromatic N) is 4. The SMILES string of the molecule is Cl.NC1(c2noc(CCc3nc(-c4cccs4)no3)n2)CCC1. The van der Waals surface area contributed by atoms with Gasteiger partial charge in [0.05, 0.1) is 10.4 Å². The molecule has 1 saturated carbocycles. The number of hydrogen-bond donors (Lipinski definition) is 1. The Kier molecular flexibility index (Phi) is 4.47.